The number of carbonyl (C=O) groups is 1. The zero-order valence-electron chi connectivity index (χ0n) is 16.4. The SMILES string of the molecule is O=C(Cn1nc(-c2ccc(F)c(F)c2)c2ccccc2c1=O)N1CCc2ccccc21. The Hall–Kier alpha value is -3.87. The molecule has 4 aromatic rings. The minimum atomic E-state index is -1.01. The van der Waals surface area contributed by atoms with Crippen molar-refractivity contribution in [2.45, 2.75) is 13.0 Å². The second kappa shape index (κ2) is 7.43. The Balaban J connectivity index is 1.60. The predicted octanol–water partition coefficient (Wildman–Crippen LogP) is 3.93. The average Bonchev–Trinajstić information content (AvgIpc) is 3.22. The summed E-state index contributed by atoms with van der Waals surface area (Å²) in [5.74, 6) is -2.23. The Labute approximate surface area is 176 Å². The number of aromatic nitrogens is 2. The summed E-state index contributed by atoms with van der Waals surface area (Å²) in [6.07, 6.45) is 0.752. The quantitative estimate of drug-likeness (QED) is 0.508. The van der Waals surface area contributed by atoms with Crippen molar-refractivity contribution in [3.8, 4) is 11.3 Å². The average molecular weight is 417 g/mol. The van der Waals surface area contributed by atoms with Crippen molar-refractivity contribution >= 4 is 22.4 Å². The highest BCUT2D eigenvalue weighted by atomic mass is 19.2. The van der Waals surface area contributed by atoms with Crippen LogP contribution >= 0.6 is 0 Å². The minimum Gasteiger partial charge on any atom is -0.310 e. The molecule has 5 rings (SSSR count). The van der Waals surface area contributed by atoms with Gasteiger partial charge in [-0.1, -0.05) is 36.4 Å². The van der Waals surface area contributed by atoms with Crippen LogP contribution < -0.4 is 10.5 Å². The first-order valence-corrected chi connectivity index (χ1v) is 9.86. The number of anilines is 1. The number of benzene rings is 3. The van der Waals surface area contributed by atoms with Crippen LogP contribution in [0.15, 0.2) is 71.5 Å². The highest BCUT2D eigenvalue weighted by Crippen LogP contribution is 2.28. The third kappa shape index (κ3) is 3.28. The lowest BCUT2D eigenvalue weighted by atomic mass is 10.0. The number of halogens is 2. The number of nitrogens with zero attached hydrogens (tertiary/aromatic N) is 3. The molecule has 1 aliphatic rings. The van der Waals surface area contributed by atoms with Crippen LogP contribution in [0.5, 0.6) is 0 Å². The molecule has 5 nitrogen and oxygen atoms in total. The van der Waals surface area contributed by atoms with Crippen LogP contribution in [0.25, 0.3) is 22.0 Å². The van der Waals surface area contributed by atoms with Crippen LogP contribution in [-0.4, -0.2) is 22.2 Å². The summed E-state index contributed by atoms with van der Waals surface area (Å²) in [7, 11) is 0. The van der Waals surface area contributed by atoms with E-state index in [2.05, 4.69) is 5.10 Å². The van der Waals surface area contributed by atoms with Gasteiger partial charge in [-0.3, -0.25) is 9.59 Å². The van der Waals surface area contributed by atoms with E-state index in [1.54, 1.807) is 29.2 Å². The summed E-state index contributed by atoms with van der Waals surface area (Å²) in [5.41, 5.74) is 2.13. The van der Waals surface area contributed by atoms with Crippen molar-refractivity contribution in [1.82, 2.24) is 9.78 Å². The molecule has 0 saturated carbocycles. The van der Waals surface area contributed by atoms with Gasteiger partial charge in [-0.25, -0.2) is 13.5 Å². The van der Waals surface area contributed by atoms with Crippen molar-refractivity contribution in [1.29, 1.82) is 0 Å². The molecule has 1 amide bonds. The van der Waals surface area contributed by atoms with Crippen molar-refractivity contribution in [3.05, 3.63) is 94.3 Å². The Morgan fingerprint density at radius 3 is 2.48 bits per heavy atom. The molecular weight excluding hydrogens is 400 g/mol. The number of amides is 1. The molecule has 1 aliphatic heterocycles. The Bertz CT molecular complexity index is 1400. The Morgan fingerprint density at radius 1 is 0.935 bits per heavy atom. The van der Waals surface area contributed by atoms with Gasteiger partial charge in [0.2, 0.25) is 5.91 Å². The van der Waals surface area contributed by atoms with Gasteiger partial charge in [0.1, 0.15) is 6.54 Å². The van der Waals surface area contributed by atoms with Crippen LogP contribution in [0.1, 0.15) is 5.56 Å². The molecule has 3 aromatic carbocycles. The summed E-state index contributed by atoms with van der Waals surface area (Å²) >= 11 is 0. The first-order valence-electron chi connectivity index (χ1n) is 9.86. The lowest BCUT2D eigenvalue weighted by Crippen LogP contribution is -2.36. The molecule has 0 aliphatic carbocycles. The Kier molecular flexibility index (Phi) is 4.58. The number of rotatable bonds is 3. The van der Waals surface area contributed by atoms with Gasteiger partial charge in [-0.05, 0) is 42.3 Å². The Morgan fingerprint density at radius 2 is 1.68 bits per heavy atom. The third-order valence-electron chi connectivity index (χ3n) is 5.53. The van der Waals surface area contributed by atoms with Crippen molar-refractivity contribution in [2.24, 2.45) is 0 Å². The lowest BCUT2D eigenvalue weighted by molar-refractivity contribution is -0.119. The first-order chi connectivity index (χ1) is 15.0. The zero-order chi connectivity index (χ0) is 21.5. The number of fused-ring (bicyclic) bond motifs is 2. The van der Waals surface area contributed by atoms with Crippen LogP contribution in [0.2, 0.25) is 0 Å². The fourth-order valence-corrected chi connectivity index (χ4v) is 4.01. The molecule has 0 atom stereocenters. The van der Waals surface area contributed by atoms with Crippen LogP contribution in [0.3, 0.4) is 0 Å². The molecule has 0 fully saturated rings. The molecule has 0 saturated heterocycles. The maximum atomic E-state index is 13.9. The summed E-state index contributed by atoms with van der Waals surface area (Å²) in [4.78, 5) is 27.7. The van der Waals surface area contributed by atoms with E-state index in [0.717, 1.165) is 34.5 Å². The number of hydrogen-bond donors (Lipinski definition) is 0. The number of hydrogen-bond acceptors (Lipinski definition) is 3. The summed E-state index contributed by atoms with van der Waals surface area (Å²) in [5, 5.41) is 5.24. The molecule has 1 aromatic heterocycles. The van der Waals surface area contributed by atoms with E-state index in [1.807, 2.05) is 24.3 Å². The van der Waals surface area contributed by atoms with Gasteiger partial charge in [-0.2, -0.15) is 5.10 Å². The van der Waals surface area contributed by atoms with Gasteiger partial charge < -0.3 is 4.90 Å². The highest BCUT2D eigenvalue weighted by Gasteiger charge is 2.25. The van der Waals surface area contributed by atoms with Crippen molar-refractivity contribution in [3.63, 3.8) is 0 Å². The minimum absolute atomic E-state index is 0.255. The normalized spacial score (nSPS) is 12.9. The molecule has 0 radical (unpaired) electrons. The number of carbonyl (C=O) groups excluding carboxylic acids is 1. The first kappa shape index (κ1) is 19.1. The van der Waals surface area contributed by atoms with Gasteiger partial charge in [0.05, 0.1) is 11.1 Å². The third-order valence-corrected chi connectivity index (χ3v) is 5.53. The van der Waals surface area contributed by atoms with Gasteiger partial charge in [-0.15, -0.1) is 0 Å². The molecule has 31 heavy (non-hydrogen) atoms. The molecular formula is C24H17F2N3O2. The van der Waals surface area contributed by atoms with Gasteiger partial charge in [0.25, 0.3) is 5.56 Å². The zero-order valence-corrected chi connectivity index (χ0v) is 16.4. The van der Waals surface area contributed by atoms with Crippen molar-refractivity contribution in [2.75, 3.05) is 11.4 Å². The topological polar surface area (TPSA) is 55.2 Å². The largest absolute Gasteiger partial charge is 0.310 e. The molecule has 0 N–H and O–H groups in total. The van der Waals surface area contributed by atoms with Gasteiger partial charge >= 0.3 is 0 Å². The predicted molar refractivity (Wildman–Crippen MR) is 114 cm³/mol. The van der Waals surface area contributed by atoms with E-state index < -0.39 is 17.2 Å². The van der Waals surface area contributed by atoms with E-state index >= 15 is 0 Å². The van der Waals surface area contributed by atoms with Gasteiger partial charge in [0, 0.05) is 23.2 Å². The maximum Gasteiger partial charge on any atom is 0.275 e. The lowest BCUT2D eigenvalue weighted by Gasteiger charge is -2.18. The summed E-state index contributed by atoms with van der Waals surface area (Å²) in [6, 6.07) is 17.9. The molecule has 2 heterocycles. The maximum absolute atomic E-state index is 13.9. The fraction of sp³-hybridized carbons (Fsp3) is 0.125. The molecule has 0 bridgehead atoms. The molecule has 154 valence electrons. The van der Waals surface area contributed by atoms with E-state index in [-0.39, 0.29) is 12.5 Å². The van der Waals surface area contributed by atoms with Crippen LogP contribution in [0, 0.1) is 11.6 Å². The molecule has 0 spiro atoms. The van der Waals surface area contributed by atoms with Crippen LogP contribution in [0.4, 0.5) is 14.5 Å². The van der Waals surface area contributed by atoms with Gasteiger partial charge in [0.15, 0.2) is 11.6 Å². The van der Waals surface area contributed by atoms with E-state index in [0.29, 0.717) is 28.6 Å². The van der Waals surface area contributed by atoms with E-state index in [9.17, 15) is 18.4 Å². The fourth-order valence-electron chi connectivity index (χ4n) is 4.01. The molecule has 7 heteroatoms. The monoisotopic (exact) mass is 417 g/mol. The summed E-state index contributed by atoms with van der Waals surface area (Å²) < 4.78 is 28.4. The smallest absolute Gasteiger partial charge is 0.275 e. The van der Waals surface area contributed by atoms with E-state index in [4.69, 9.17) is 0 Å². The molecule has 0 unspecified atom stereocenters. The van der Waals surface area contributed by atoms with Crippen molar-refractivity contribution < 1.29 is 13.6 Å². The van der Waals surface area contributed by atoms with E-state index in [1.165, 1.54) is 6.07 Å². The highest BCUT2D eigenvalue weighted by molar-refractivity contribution is 5.96. The van der Waals surface area contributed by atoms with Crippen LogP contribution in [-0.2, 0) is 17.8 Å². The standard InChI is InChI=1S/C24H17F2N3O2/c25-19-10-9-16(13-20(19)26)23-17-6-2-3-7-18(17)24(31)29(27-23)14-22(30)28-12-11-15-5-1-4-8-21(15)28/h1-10,13H,11-12,14H2. The summed E-state index contributed by atoms with van der Waals surface area (Å²) in [6.45, 7) is 0.283. The second-order valence-electron chi connectivity index (χ2n) is 7.41. The second-order valence-corrected chi connectivity index (χ2v) is 7.41. The number of para-hydroxylation sites is 1.